The van der Waals surface area contributed by atoms with Gasteiger partial charge in [-0.05, 0) is 25.5 Å². The van der Waals surface area contributed by atoms with E-state index in [1.807, 2.05) is 44.2 Å². The van der Waals surface area contributed by atoms with Crippen molar-refractivity contribution in [2.24, 2.45) is 0 Å². The lowest BCUT2D eigenvalue weighted by atomic mass is 10.2. The SMILES string of the molecule is Cc1cc(CCNC(=O)Nc2ccccc2C)on1. The Balaban J connectivity index is 1.77. The predicted molar refractivity (Wildman–Crippen MR) is 73.1 cm³/mol. The largest absolute Gasteiger partial charge is 0.361 e. The Morgan fingerprint density at radius 3 is 2.79 bits per heavy atom. The monoisotopic (exact) mass is 259 g/mol. The Labute approximate surface area is 112 Å². The van der Waals surface area contributed by atoms with Crippen molar-refractivity contribution in [2.45, 2.75) is 20.3 Å². The number of para-hydroxylation sites is 1. The highest BCUT2D eigenvalue weighted by Gasteiger charge is 2.04. The molecule has 5 nitrogen and oxygen atoms in total. The van der Waals surface area contributed by atoms with Gasteiger partial charge in [0.2, 0.25) is 0 Å². The van der Waals surface area contributed by atoms with Crippen LogP contribution in [0.1, 0.15) is 17.0 Å². The lowest BCUT2D eigenvalue weighted by Gasteiger charge is -2.08. The van der Waals surface area contributed by atoms with Crippen LogP contribution in [0, 0.1) is 13.8 Å². The number of anilines is 1. The highest BCUT2D eigenvalue weighted by Crippen LogP contribution is 2.12. The summed E-state index contributed by atoms with van der Waals surface area (Å²) in [6.45, 7) is 4.32. The second-order valence-corrected chi connectivity index (χ2v) is 4.38. The second kappa shape index (κ2) is 6.04. The summed E-state index contributed by atoms with van der Waals surface area (Å²) >= 11 is 0. The number of carbonyl (C=O) groups excluding carboxylic acids is 1. The Morgan fingerprint density at radius 2 is 2.11 bits per heavy atom. The van der Waals surface area contributed by atoms with E-state index in [1.54, 1.807) is 0 Å². The minimum atomic E-state index is -0.217. The molecule has 0 saturated heterocycles. The van der Waals surface area contributed by atoms with Crippen molar-refractivity contribution in [3.05, 3.63) is 47.3 Å². The molecule has 100 valence electrons. The molecule has 19 heavy (non-hydrogen) atoms. The van der Waals surface area contributed by atoms with Crippen LogP contribution in [0.25, 0.3) is 0 Å². The molecule has 0 atom stereocenters. The normalized spacial score (nSPS) is 10.2. The minimum Gasteiger partial charge on any atom is -0.361 e. The molecule has 1 heterocycles. The number of aromatic nitrogens is 1. The fourth-order valence-electron chi connectivity index (χ4n) is 1.71. The fraction of sp³-hybridized carbons (Fsp3) is 0.286. The van der Waals surface area contributed by atoms with Crippen molar-refractivity contribution in [3.8, 4) is 0 Å². The van der Waals surface area contributed by atoms with Gasteiger partial charge in [-0.2, -0.15) is 0 Å². The van der Waals surface area contributed by atoms with Gasteiger partial charge in [0.25, 0.3) is 0 Å². The van der Waals surface area contributed by atoms with Gasteiger partial charge in [0.1, 0.15) is 5.76 Å². The second-order valence-electron chi connectivity index (χ2n) is 4.38. The standard InChI is InChI=1S/C14H17N3O2/c1-10-5-3-4-6-13(10)16-14(18)15-8-7-12-9-11(2)17-19-12/h3-6,9H,7-8H2,1-2H3,(H2,15,16,18). The van der Waals surface area contributed by atoms with Crippen LogP contribution in [0.4, 0.5) is 10.5 Å². The van der Waals surface area contributed by atoms with Crippen molar-refractivity contribution in [3.63, 3.8) is 0 Å². The van der Waals surface area contributed by atoms with Crippen molar-refractivity contribution in [1.29, 1.82) is 0 Å². The Kier molecular flexibility index (Phi) is 4.18. The average molecular weight is 259 g/mol. The predicted octanol–water partition coefficient (Wildman–Crippen LogP) is 2.66. The number of nitrogens with one attached hydrogen (secondary N) is 2. The summed E-state index contributed by atoms with van der Waals surface area (Å²) in [7, 11) is 0. The van der Waals surface area contributed by atoms with E-state index in [2.05, 4.69) is 15.8 Å². The zero-order chi connectivity index (χ0) is 13.7. The van der Waals surface area contributed by atoms with Crippen LogP contribution >= 0.6 is 0 Å². The average Bonchev–Trinajstić information content (AvgIpc) is 2.78. The van der Waals surface area contributed by atoms with Gasteiger partial charge in [0.15, 0.2) is 0 Å². The molecule has 2 rings (SSSR count). The molecule has 0 fully saturated rings. The maximum absolute atomic E-state index is 11.7. The van der Waals surface area contributed by atoms with Gasteiger partial charge in [-0.3, -0.25) is 0 Å². The van der Waals surface area contributed by atoms with Crippen LogP contribution in [0.3, 0.4) is 0 Å². The summed E-state index contributed by atoms with van der Waals surface area (Å²) in [5, 5.41) is 9.37. The van der Waals surface area contributed by atoms with Crippen molar-refractivity contribution in [2.75, 3.05) is 11.9 Å². The first kappa shape index (κ1) is 13.1. The molecule has 2 amide bonds. The Bertz CT molecular complexity index is 563. The zero-order valence-electron chi connectivity index (χ0n) is 11.1. The van der Waals surface area contributed by atoms with Gasteiger partial charge in [-0.15, -0.1) is 0 Å². The molecule has 0 aliphatic carbocycles. The van der Waals surface area contributed by atoms with E-state index in [-0.39, 0.29) is 6.03 Å². The smallest absolute Gasteiger partial charge is 0.319 e. The molecular weight excluding hydrogens is 242 g/mol. The molecule has 5 heteroatoms. The summed E-state index contributed by atoms with van der Waals surface area (Å²) in [4.78, 5) is 11.7. The number of nitrogens with zero attached hydrogens (tertiary/aromatic N) is 1. The van der Waals surface area contributed by atoms with Gasteiger partial charge < -0.3 is 15.2 Å². The summed E-state index contributed by atoms with van der Waals surface area (Å²) in [5.74, 6) is 0.772. The first-order chi connectivity index (χ1) is 9.15. The highest BCUT2D eigenvalue weighted by molar-refractivity contribution is 5.89. The van der Waals surface area contributed by atoms with Gasteiger partial charge in [0.05, 0.1) is 5.69 Å². The topological polar surface area (TPSA) is 67.2 Å². The highest BCUT2D eigenvalue weighted by atomic mass is 16.5. The van der Waals surface area contributed by atoms with Gasteiger partial charge in [-0.1, -0.05) is 23.4 Å². The van der Waals surface area contributed by atoms with Crippen LogP contribution in [0.5, 0.6) is 0 Å². The summed E-state index contributed by atoms with van der Waals surface area (Å²) in [5.41, 5.74) is 2.69. The third kappa shape index (κ3) is 3.84. The van der Waals surface area contributed by atoms with E-state index >= 15 is 0 Å². The van der Waals surface area contributed by atoms with E-state index in [1.165, 1.54) is 0 Å². The maximum atomic E-state index is 11.7. The summed E-state index contributed by atoms with van der Waals surface area (Å²) in [6, 6.07) is 9.29. The number of hydrogen-bond acceptors (Lipinski definition) is 3. The van der Waals surface area contributed by atoms with Crippen LogP contribution in [0.2, 0.25) is 0 Å². The van der Waals surface area contributed by atoms with E-state index in [0.717, 1.165) is 22.7 Å². The third-order valence-electron chi connectivity index (χ3n) is 2.73. The number of rotatable bonds is 4. The fourth-order valence-corrected chi connectivity index (χ4v) is 1.71. The van der Waals surface area contributed by atoms with Gasteiger partial charge >= 0.3 is 6.03 Å². The number of carbonyl (C=O) groups is 1. The molecule has 2 aromatic rings. The summed E-state index contributed by atoms with van der Waals surface area (Å²) in [6.07, 6.45) is 0.627. The number of aryl methyl sites for hydroxylation is 2. The molecule has 0 radical (unpaired) electrons. The lowest BCUT2D eigenvalue weighted by Crippen LogP contribution is -2.30. The summed E-state index contributed by atoms with van der Waals surface area (Å²) < 4.78 is 5.06. The minimum absolute atomic E-state index is 0.217. The van der Waals surface area contributed by atoms with Gasteiger partial charge in [0, 0.05) is 24.7 Å². The molecule has 0 unspecified atom stereocenters. The van der Waals surface area contributed by atoms with E-state index in [4.69, 9.17) is 4.52 Å². The molecule has 1 aromatic heterocycles. The van der Waals surface area contributed by atoms with E-state index in [9.17, 15) is 4.79 Å². The third-order valence-corrected chi connectivity index (χ3v) is 2.73. The quantitative estimate of drug-likeness (QED) is 0.887. The number of hydrogen-bond donors (Lipinski definition) is 2. The first-order valence-electron chi connectivity index (χ1n) is 6.18. The zero-order valence-corrected chi connectivity index (χ0v) is 11.1. The van der Waals surface area contributed by atoms with Crippen molar-refractivity contribution >= 4 is 11.7 Å². The van der Waals surface area contributed by atoms with Crippen LogP contribution < -0.4 is 10.6 Å². The van der Waals surface area contributed by atoms with Crippen LogP contribution in [-0.4, -0.2) is 17.7 Å². The number of benzene rings is 1. The number of amides is 2. The van der Waals surface area contributed by atoms with Crippen molar-refractivity contribution in [1.82, 2.24) is 10.5 Å². The molecule has 2 N–H and O–H groups in total. The lowest BCUT2D eigenvalue weighted by molar-refractivity contribution is 0.252. The Morgan fingerprint density at radius 1 is 1.32 bits per heavy atom. The molecule has 0 spiro atoms. The van der Waals surface area contributed by atoms with Crippen LogP contribution in [-0.2, 0) is 6.42 Å². The van der Waals surface area contributed by atoms with E-state index in [0.29, 0.717) is 13.0 Å². The number of urea groups is 1. The van der Waals surface area contributed by atoms with Crippen LogP contribution in [0.15, 0.2) is 34.9 Å². The van der Waals surface area contributed by atoms with E-state index < -0.39 is 0 Å². The molecule has 0 aliphatic heterocycles. The first-order valence-corrected chi connectivity index (χ1v) is 6.18. The maximum Gasteiger partial charge on any atom is 0.319 e. The molecule has 0 saturated carbocycles. The molecule has 0 bridgehead atoms. The molecular formula is C14H17N3O2. The molecule has 0 aliphatic rings. The Hall–Kier alpha value is -2.30. The van der Waals surface area contributed by atoms with Gasteiger partial charge in [-0.25, -0.2) is 4.79 Å². The van der Waals surface area contributed by atoms with Crippen molar-refractivity contribution < 1.29 is 9.32 Å². The molecule has 1 aromatic carbocycles.